The summed E-state index contributed by atoms with van der Waals surface area (Å²) in [6.07, 6.45) is 2.75. The van der Waals surface area contributed by atoms with Gasteiger partial charge in [0.2, 0.25) is 0 Å². The molecule has 29 heavy (non-hydrogen) atoms. The summed E-state index contributed by atoms with van der Waals surface area (Å²) in [5, 5.41) is 11.8. The molecule has 1 N–H and O–H groups in total. The van der Waals surface area contributed by atoms with E-state index in [1.54, 1.807) is 24.3 Å². The minimum Gasteiger partial charge on any atom is -0.459 e. The number of carbonyl (C=O) groups excluding carboxylic acids is 1. The first kappa shape index (κ1) is 19.6. The summed E-state index contributed by atoms with van der Waals surface area (Å²) in [4.78, 5) is 14.1. The molecule has 1 aromatic carbocycles. The Hall–Kier alpha value is -2.71. The van der Waals surface area contributed by atoms with Crippen molar-refractivity contribution in [3.8, 4) is 0 Å². The molecule has 152 valence electrons. The number of nitrogens with one attached hydrogen (secondary N) is 1. The number of halogens is 2. The van der Waals surface area contributed by atoms with E-state index < -0.39 is 0 Å². The Morgan fingerprint density at radius 3 is 2.90 bits per heavy atom. The molecular weight excluding hydrogens is 397 g/mol. The van der Waals surface area contributed by atoms with Gasteiger partial charge in [-0.15, -0.1) is 10.2 Å². The molecular formula is C20H21ClFN5O2. The molecule has 1 aliphatic rings. The standard InChI is InChI=1S/C20H21ClFN5O2/c21-15-3-1-4-16(22)14(15)13-26-9-7-19-25-24-18(27(19)11-10-26)6-8-23-20(28)17-5-2-12-29-17/h1-5,12H,6-11,13H2,(H,23,28). The maximum Gasteiger partial charge on any atom is 0.286 e. The number of carbonyl (C=O) groups is 1. The lowest BCUT2D eigenvalue weighted by molar-refractivity contribution is 0.0926. The largest absolute Gasteiger partial charge is 0.459 e. The van der Waals surface area contributed by atoms with Crippen molar-refractivity contribution in [3.05, 3.63) is 70.4 Å². The van der Waals surface area contributed by atoms with Gasteiger partial charge >= 0.3 is 0 Å². The fraction of sp³-hybridized carbons (Fsp3) is 0.350. The first-order chi connectivity index (χ1) is 14.1. The lowest BCUT2D eigenvalue weighted by Crippen LogP contribution is -2.28. The van der Waals surface area contributed by atoms with Crippen molar-refractivity contribution in [1.29, 1.82) is 0 Å². The van der Waals surface area contributed by atoms with Crippen molar-refractivity contribution in [2.45, 2.75) is 25.9 Å². The summed E-state index contributed by atoms with van der Waals surface area (Å²) in [6.45, 7) is 3.08. The Labute approximate surface area is 172 Å². The van der Waals surface area contributed by atoms with Crippen LogP contribution in [0.25, 0.3) is 0 Å². The molecule has 0 spiro atoms. The van der Waals surface area contributed by atoms with Crippen LogP contribution in [0, 0.1) is 5.82 Å². The number of amides is 1. The quantitative estimate of drug-likeness (QED) is 0.667. The van der Waals surface area contributed by atoms with Crippen LogP contribution >= 0.6 is 11.6 Å². The highest BCUT2D eigenvalue weighted by molar-refractivity contribution is 6.31. The first-order valence-electron chi connectivity index (χ1n) is 9.49. The molecule has 0 unspecified atom stereocenters. The molecule has 0 saturated carbocycles. The van der Waals surface area contributed by atoms with Crippen LogP contribution < -0.4 is 5.32 Å². The molecule has 3 heterocycles. The van der Waals surface area contributed by atoms with Crippen LogP contribution in [-0.2, 0) is 25.9 Å². The molecule has 0 radical (unpaired) electrons. The number of furan rings is 1. The highest BCUT2D eigenvalue weighted by Gasteiger charge is 2.20. The van der Waals surface area contributed by atoms with Gasteiger partial charge in [0.25, 0.3) is 5.91 Å². The molecule has 4 rings (SSSR count). The van der Waals surface area contributed by atoms with Crippen LogP contribution in [-0.4, -0.2) is 45.2 Å². The summed E-state index contributed by atoms with van der Waals surface area (Å²) in [6, 6.07) is 8.05. The van der Waals surface area contributed by atoms with Gasteiger partial charge in [-0.1, -0.05) is 17.7 Å². The van der Waals surface area contributed by atoms with Gasteiger partial charge in [0.05, 0.1) is 6.26 Å². The third kappa shape index (κ3) is 4.49. The van der Waals surface area contributed by atoms with Gasteiger partial charge in [0, 0.05) is 56.2 Å². The third-order valence-electron chi connectivity index (χ3n) is 5.02. The number of nitrogens with zero attached hydrogens (tertiary/aromatic N) is 4. The minimum absolute atomic E-state index is 0.251. The normalized spacial score (nSPS) is 14.4. The summed E-state index contributed by atoms with van der Waals surface area (Å²) < 4.78 is 21.3. The van der Waals surface area contributed by atoms with Crippen molar-refractivity contribution >= 4 is 17.5 Å². The van der Waals surface area contributed by atoms with Crippen LogP contribution in [0.15, 0.2) is 41.0 Å². The summed E-state index contributed by atoms with van der Waals surface area (Å²) in [7, 11) is 0. The zero-order valence-electron chi connectivity index (χ0n) is 15.8. The lowest BCUT2D eigenvalue weighted by atomic mass is 10.2. The maximum absolute atomic E-state index is 14.1. The SMILES string of the molecule is O=C(NCCc1nnc2n1CCN(Cc1c(F)cccc1Cl)CC2)c1ccco1. The smallest absolute Gasteiger partial charge is 0.286 e. The van der Waals surface area contributed by atoms with E-state index in [2.05, 4.69) is 25.0 Å². The van der Waals surface area contributed by atoms with Gasteiger partial charge < -0.3 is 14.3 Å². The van der Waals surface area contributed by atoms with Crippen LogP contribution in [0.5, 0.6) is 0 Å². The minimum atomic E-state index is -0.283. The Bertz CT molecular complexity index is 969. The molecule has 1 amide bonds. The maximum atomic E-state index is 14.1. The number of hydrogen-bond donors (Lipinski definition) is 1. The van der Waals surface area contributed by atoms with Crippen LogP contribution in [0.4, 0.5) is 4.39 Å². The van der Waals surface area contributed by atoms with Crippen LogP contribution in [0.3, 0.4) is 0 Å². The topological polar surface area (TPSA) is 76.2 Å². The van der Waals surface area contributed by atoms with E-state index in [4.69, 9.17) is 16.0 Å². The Balaban J connectivity index is 1.35. The molecule has 0 fully saturated rings. The fourth-order valence-electron chi connectivity index (χ4n) is 3.46. The second kappa shape index (κ2) is 8.75. The highest BCUT2D eigenvalue weighted by atomic mass is 35.5. The van der Waals surface area contributed by atoms with E-state index in [9.17, 15) is 9.18 Å². The van der Waals surface area contributed by atoms with Crippen molar-refractivity contribution in [3.63, 3.8) is 0 Å². The van der Waals surface area contributed by atoms with Crippen molar-refractivity contribution in [2.24, 2.45) is 0 Å². The highest BCUT2D eigenvalue weighted by Crippen LogP contribution is 2.22. The molecule has 1 aliphatic heterocycles. The molecule has 7 nitrogen and oxygen atoms in total. The number of benzene rings is 1. The zero-order valence-corrected chi connectivity index (χ0v) is 16.5. The van der Waals surface area contributed by atoms with E-state index in [0.29, 0.717) is 36.6 Å². The predicted octanol–water partition coefficient (Wildman–Crippen LogP) is 2.69. The number of hydrogen-bond acceptors (Lipinski definition) is 5. The summed E-state index contributed by atoms with van der Waals surface area (Å²) >= 11 is 6.17. The van der Waals surface area contributed by atoms with Gasteiger partial charge in [0.1, 0.15) is 17.5 Å². The van der Waals surface area contributed by atoms with Crippen molar-refractivity contribution in [2.75, 3.05) is 19.6 Å². The summed E-state index contributed by atoms with van der Waals surface area (Å²) in [5.41, 5.74) is 0.521. The molecule has 0 bridgehead atoms. The van der Waals surface area contributed by atoms with Crippen LogP contribution in [0.2, 0.25) is 5.02 Å². The van der Waals surface area contributed by atoms with Crippen molar-refractivity contribution < 1.29 is 13.6 Å². The molecule has 0 atom stereocenters. The van der Waals surface area contributed by atoms with E-state index in [0.717, 1.165) is 31.2 Å². The van der Waals surface area contributed by atoms with Crippen molar-refractivity contribution in [1.82, 2.24) is 25.0 Å². The van der Waals surface area contributed by atoms with Gasteiger partial charge in [-0.3, -0.25) is 9.69 Å². The van der Waals surface area contributed by atoms with Gasteiger partial charge in [-0.25, -0.2) is 4.39 Å². The average molecular weight is 418 g/mol. The molecule has 0 aliphatic carbocycles. The van der Waals surface area contributed by atoms with Gasteiger partial charge in [0.15, 0.2) is 5.76 Å². The Kier molecular flexibility index (Phi) is 5.92. The monoisotopic (exact) mass is 417 g/mol. The van der Waals surface area contributed by atoms with E-state index >= 15 is 0 Å². The van der Waals surface area contributed by atoms with Gasteiger partial charge in [-0.05, 0) is 24.3 Å². The summed E-state index contributed by atoms with van der Waals surface area (Å²) in [5.74, 6) is 1.48. The van der Waals surface area contributed by atoms with Gasteiger partial charge in [-0.2, -0.15) is 0 Å². The second-order valence-corrected chi connectivity index (χ2v) is 7.30. The number of rotatable bonds is 6. The first-order valence-corrected chi connectivity index (χ1v) is 9.87. The van der Waals surface area contributed by atoms with E-state index in [1.807, 2.05) is 0 Å². The predicted molar refractivity (Wildman–Crippen MR) is 105 cm³/mol. The molecule has 0 saturated heterocycles. The number of aromatic nitrogens is 3. The third-order valence-corrected chi connectivity index (χ3v) is 5.37. The lowest BCUT2D eigenvalue weighted by Gasteiger charge is -2.20. The van der Waals surface area contributed by atoms with E-state index in [1.165, 1.54) is 12.3 Å². The second-order valence-electron chi connectivity index (χ2n) is 6.89. The van der Waals surface area contributed by atoms with E-state index in [-0.39, 0.29) is 17.5 Å². The fourth-order valence-corrected chi connectivity index (χ4v) is 3.68. The Morgan fingerprint density at radius 1 is 1.21 bits per heavy atom. The molecule has 2 aromatic heterocycles. The zero-order chi connectivity index (χ0) is 20.2. The average Bonchev–Trinajstić information content (AvgIpc) is 3.33. The number of fused-ring (bicyclic) bond motifs is 1. The Morgan fingerprint density at radius 2 is 2.10 bits per heavy atom. The molecule has 3 aromatic rings. The molecule has 9 heteroatoms. The van der Waals surface area contributed by atoms with Crippen LogP contribution in [0.1, 0.15) is 27.8 Å².